The minimum absolute atomic E-state index is 0.0518. The molecule has 242 valence electrons. The SMILES string of the molecule is CCCCCCCCCCCC(=O)c1ccccc1C(=O)OOC(=O)c1ccccc1C(=O)CCCCCCCCCCC. The lowest BCUT2D eigenvalue weighted by molar-refractivity contribution is -0.187. The number of hydrogen-bond donors (Lipinski definition) is 0. The van der Waals surface area contributed by atoms with Gasteiger partial charge in [0.15, 0.2) is 11.6 Å². The zero-order valence-electron chi connectivity index (χ0n) is 27.2. The third-order valence-corrected chi connectivity index (χ3v) is 8.10. The van der Waals surface area contributed by atoms with Crippen LogP contribution in [0.25, 0.3) is 0 Å². The molecular weight excluding hydrogens is 552 g/mol. The fourth-order valence-corrected chi connectivity index (χ4v) is 5.44. The van der Waals surface area contributed by atoms with Crippen molar-refractivity contribution in [1.29, 1.82) is 0 Å². The molecule has 0 bridgehead atoms. The molecule has 0 fully saturated rings. The number of Topliss-reactive ketones (excluding diaryl/α,β-unsaturated/α-hetero) is 2. The number of unbranched alkanes of at least 4 members (excludes halogenated alkanes) is 16. The van der Waals surface area contributed by atoms with Gasteiger partial charge in [0.25, 0.3) is 0 Å². The van der Waals surface area contributed by atoms with Crippen LogP contribution in [0.15, 0.2) is 48.5 Å². The van der Waals surface area contributed by atoms with Crippen molar-refractivity contribution in [3.63, 3.8) is 0 Å². The number of carbonyl (C=O) groups is 4. The van der Waals surface area contributed by atoms with E-state index in [-0.39, 0.29) is 33.8 Å². The summed E-state index contributed by atoms with van der Waals surface area (Å²) in [6.45, 7) is 4.43. The maximum atomic E-state index is 12.9. The lowest BCUT2D eigenvalue weighted by atomic mass is 9.99. The minimum Gasteiger partial charge on any atom is -0.294 e. The third kappa shape index (κ3) is 14.5. The van der Waals surface area contributed by atoms with E-state index in [0.717, 1.165) is 38.5 Å². The van der Waals surface area contributed by atoms with E-state index in [1.54, 1.807) is 36.4 Å². The molecule has 0 aliphatic heterocycles. The van der Waals surface area contributed by atoms with E-state index < -0.39 is 11.9 Å². The van der Waals surface area contributed by atoms with Gasteiger partial charge in [-0.05, 0) is 25.0 Å². The van der Waals surface area contributed by atoms with Gasteiger partial charge in [-0.25, -0.2) is 19.4 Å². The Labute approximate surface area is 265 Å². The lowest BCUT2D eigenvalue weighted by Gasteiger charge is -2.10. The highest BCUT2D eigenvalue weighted by Crippen LogP contribution is 2.19. The molecule has 0 aliphatic rings. The molecule has 0 aromatic heterocycles. The van der Waals surface area contributed by atoms with E-state index in [2.05, 4.69) is 13.8 Å². The van der Waals surface area contributed by atoms with Crippen molar-refractivity contribution in [1.82, 2.24) is 0 Å². The van der Waals surface area contributed by atoms with E-state index in [9.17, 15) is 19.2 Å². The highest BCUT2D eigenvalue weighted by atomic mass is 17.2. The zero-order valence-corrected chi connectivity index (χ0v) is 27.2. The molecule has 2 aromatic carbocycles. The standard InChI is InChI=1S/C38H54O6/c1-3-5-7-9-11-13-15-17-19-29-35(39)31-25-21-23-27-33(31)37(41)43-44-38(42)34-28-24-22-26-32(34)36(40)30-20-18-16-14-12-10-8-6-4-2/h21-28H,3-20,29-30H2,1-2H3. The Morgan fingerprint density at radius 3 is 1.00 bits per heavy atom. The summed E-state index contributed by atoms with van der Waals surface area (Å²) in [7, 11) is 0. The molecule has 0 saturated heterocycles. The Hall–Kier alpha value is -3.28. The van der Waals surface area contributed by atoms with E-state index in [1.807, 2.05) is 0 Å². The molecule has 0 unspecified atom stereocenters. The molecule has 0 heterocycles. The van der Waals surface area contributed by atoms with Crippen LogP contribution >= 0.6 is 0 Å². The monoisotopic (exact) mass is 606 g/mol. The van der Waals surface area contributed by atoms with Crippen LogP contribution in [0.1, 0.15) is 184 Å². The summed E-state index contributed by atoms with van der Waals surface area (Å²) in [4.78, 5) is 61.2. The minimum atomic E-state index is -0.923. The fraction of sp³-hybridized carbons (Fsp3) is 0.579. The van der Waals surface area contributed by atoms with Crippen LogP contribution in [0.4, 0.5) is 0 Å². The molecular formula is C38H54O6. The lowest BCUT2D eigenvalue weighted by Crippen LogP contribution is -2.17. The highest BCUT2D eigenvalue weighted by molar-refractivity contribution is 6.07. The quantitative estimate of drug-likeness (QED) is 0.0511. The second-order valence-corrected chi connectivity index (χ2v) is 11.8. The Balaban J connectivity index is 1.81. The summed E-state index contributed by atoms with van der Waals surface area (Å²) in [6, 6.07) is 12.8. The number of hydrogen-bond acceptors (Lipinski definition) is 6. The van der Waals surface area contributed by atoms with Crippen LogP contribution in [0.3, 0.4) is 0 Å². The summed E-state index contributed by atoms with van der Waals surface area (Å²) in [5.41, 5.74) is 0.612. The van der Waals surface area contributed by atoms with Crippen LogP contribution < -0.4 is 0 Å². The van der Waals surface area contributed by atoms with Crippen LogP contribution in [0.5, 0.6) is 0 Å². The number of benzene rings is 2. The Morgan fingerprint density at radius 1 is 0.409 bits per heavy atom. The van der Waals surface area contributed by atoms with Gasteiger partial charge in [0.05, 0.1) is 11.1 Å². The van der Waals surface area contributed by atoms with Crippen LogP contribution in [0.2, 0.25) is 0 Å². The molecule has 44 heavy (non-hydrogen) atoms. The van der Waals surface area contributed by atoms with Gasteiger partial charge in [0, 0.05) is 24.0 Å². The van der Waals surface area contributed by atoms with Gasteiger partial charge >= 0.3 is 11.9 Å². The molecule has 0 radical (unpaired) electrons. The molecule has 6 nitrogen and oxygen atoms in total. The van der Waals surface area contributed by atoms with E-state index in [4.69, 9.17) is 9.78 Å². The molecule has 0 aliphatic carbocycles. The van der Waals surface area contributed by atoms with Gasteiger partial charge in [-0.2, -0.15) is 0 Å². The smallest absolute Gasteiger partial charge is 0.294 e. The zero-order chi connectivity index (χ0) is 31.8. The van der Waals surface area contributed by atoms with Gasteiger partial charge in [-0.3, -0.25) is 9.59 Å². The van der Waals surface area contributed by atoms with Crippen molar-refractivity contribution in [2.75, 3.05) is 0 Å². The number of carbonyl (C=O) groups excluding carboxylic acids is 4. The van der Waals surface area contributed by atoms with Crippen molar-refractivity contribution in [3.05, 3.63) is 70.8 Å². The molecule has 6 heteroatoms. The molecule has 0 spiro atoms. The van der Waals surface area contributed by atoms with Crippen molar-refractivity contribution < 1.29 is 29.0 Å². The molecule has 0 saturated carbocycles. The second-order valence-electron chi connectivity index (χ2n) is 11.8. The van der Waals surface area contributed by atoms with Crippen molar-refractivity contribution in [2.45, 2.75) is 142 Å². The molecule has 0 atom stereocenters. The second kappa shape index (κ2) is 23.1. The number of ketones is 2. The van der Waals surface area contributed by atoms with E-state index >= 15 is 0 Å². The average Bonchev–Trinajstić information content (AvgIpc) is 3.05. The first-order valence-electron chi connectivity index (χ1n) is 17.2. The van der Waals surface area contributed by atoms with E-state index in [1.165, 1.54) is 89.2 Å². The fourth-order valence-electron chi connectivity index (χ4n) is 5.44. The molecule has 2 rings (SSSR count). The van der Waals surface area contributed by atoms with Crippen molar-refractivity contribution in [2.24, 2.45) is 0 Å². The van der Waals surface area contributed by atoms with Crippen LogP contribution in [-0.2, 0) is 9.78 Å². The Morgan fingerprint density at radius 2 is 0.682 bits per heavy atom. The molecule has 2 aromatic rings. The van der Waals surface area contributed by atoms with Gasteiger partial charge < -0.3 is 0 Å². The summed E-state index contributed by atoms with van der Waals surface area (Å²) in [6.07, 6.45) is 21.4. The van der Waals surface area contributed by atoms with Crippen LogP contribution in [-0.4, -0.2) is 23.5 Å². The molecule has 0 N–H and O–H groups in total. The Kier molecular flexibility index (Phi) is 19.4. The topological polar surface area (TPSA) is 86.7 Å². The molecule has 0 amide bonds. The van der Waals surface area contributed by atoms with Gasteiger partial charge in [-0.15, -0.1) is 0 Å². The predicted octanol–water partition coefficient (Wildman–Crippen LogP) is 10.8. The maximum absolute atomic E-state index is 12.9. The summed E-state index contributed by atoms with van der Waals surface area (Å²) < 4.78 is 0. The third-order valence-electron chi connectivity index (χ3n) is 8.10. The largest absolute Gasteiger partial charge is 0.387 e. The summed E-state index contributed by atoms with van der Waals surface area (Å²) >= 11 is 0. The van der Waals surface area contributed by atoms with Gasteiger partial charge in [-0.1, -0.05) is 153 Å². The summed E-state index contributed by atoms with van der Waals surface area (Å²) in [5.74, 6) is -2.13. The highest BCUT2D eigenvalue weighted by Gasteiger charge is 2.23. The first kappa shape index (κ1) is 36.9. The van der Waals surface area contributed by atoms with Gasteiger partial charge in [0.1, 0.15) is 0 Å². The first-order chi connectivity index (χ1) is 21.5. The van der Waals surface area contributed by atoms with Gasteiger partial charge in [0.2, 0.25) is 0 Å². The maximum Gasteiger partial charge on any atom is 0.387 e. The van der Waals surface area contributed by atoms with Crippen molar-refractivity contribution >= 4 is 23.5 Å². The summed E-state index contributed by atoms with van der Waals surface area (Å²) in [5, 5.41) is 0. The van der Waals surface area contributed by atoms with Crippen LogP contribution in [0, 0.1) is 0 Å². The Bertz CT molecular complexity index is 1050. The van der Waals surface area contributed by atoms with E-state index in [0.29, 0.717) is 12.8 Å². The first-order valence-corrected chi connectivity index (χ1v) is 17.2. The predicted molar refractivity (Wildman–Crippen MR) is 176 cm³/mol. The average molecular weight is 607 g/mol. The number of rotatable bonds is 24. The normalized spacial score (nSPS) is 10.9. The van der Waals surface area contributed by atoms with Crippen molar-refractivity contribution in [3.8, 4) is 0 Å².